The predicted molar refractivity (Wildman–Crippen MR) is 76.9 cm³/mol. The number of halogens is 1. The first-order chi connectivity index (χ1) is 10.7. The molecule has 0 atom stereocenters. The molecule has 0 fully saturated rings. The third kappa shape index (κ3) is 6.78. The number of hydrogen-bond donors (Lipinski definition) is 1. The molecule has 0 aliphatic heterocycles. The van der Waals surface area contributed by atoms with Crippen molar-refractivity contribution in [3.63, 3.8) is 0 Å². The van der Waals surface area contributed by atoms with Crippen LogP contribution in [0.3, 0.4) is 0 Å². The van der Waals surface area contributed by atoms with Gasteiger partial charge in [-0.05, 0) is 18.2 Å². The van der Waals surface area contributed by atoms with Gasteiger partial charge < -0.3 is 14.3 Å². The minimum atomic E-state index is -4.07. The molecule has 0 heterocycles. The molecule has 0 saturated carbocycles. The zero-order valence-corrected chi connectivity index (χ0v) is 13.2. The van der Waals surface area contributed by atoms with Crippen molar-refractivity contribution in [3.05, 3.63) is 38.9 Å². The molecule has 0 aromatic heterocycles. The first kappa shape index (κ1) is 19.1. The number of carbonyl (C=O) groups excluding carboxylic acids is 1. The average molecular weight is 369 g/mol. The van der Waals surface area contributed by atoms with Gasteiger partial charge in [0.25, 0.3) is 5.09 Å². The highest BCUT2D eigenvalue weighted by molar-refractivity contribution is 7.89. The summed E-state index contributed by atoms with van der Waals surface area (Å²) < 4.78 is 32.4. The highest BCUT2D eigenvalue weighted by Gasteiger charge is 2.17. The maximum Gasteiger partial charge on any atom is 0.338 e. The Kier molecular flexibility index (Phi) is 7.16. The lowest BCUT2D eigenvalue weighted by Gasteiger charge is -2.07. The van der Waals surface area contributed by atoms with Crippen LogP contribution in [0.25, 0.3) is 0 Å². The number of benzene rings is 1. The minimum absolute atomic E-state index is 0.0115. The van der Waals surface area contributed by atoms with Gasteiger partial charge in [0.2, 0.25) is 10.0 Å². The van der Waals surface area contributed by atoms with Crippen LogP contribution >= 0.6 is 11.6 Å². The summed E-state index contributed by atoms with van der Waals surface area (Å²) in [7, 11) is -4.07. The highest BCUT2D eigenvalue weighted by atomic mass is 35.5. The molecule has 12 heteroatoms. The highest BCUT2D eigenvalue weighted by Crippen LogP contribution is 2.21. The van der Waals surface area contributed by atoms with Gasteiger partial charge in [-0.2, -0.15) is 0 Å². The van der Waals surface area contributed by atoms with Crippen LogP contribution in [0.15, 0.2) is 23.1 Å². The SMILES string of the molecule is NS(=O)(=O)c1cc(C(=O)OCCOCCO[N+](=O)[O-])ccc1Cl. The Hall–Kier alpha value is -1.95. The van der Waals surface area contributed by atoms with Crippen LogP contribution in [0.1, 0.15) is 10.4 Å². The summed E-state index contributed by atoms with van der Waals surface area (Å²) in [5, 5.41) is 13.8. The fraction of sp³-hybridized carbons (Fsp3) is 0.364. The van der Waals surface area contributed by atoms with Crippen LogP contribution in [-0.4, -0.2) is 45.9 Å². The molecule has 0 aliphatic rings. The van der Waals surface area contributed by atoms with Crippen molar-refractivity contribution < 1.29 is 32.6 Å². The molecule has 0 radical (unpaired) electrons. The number of ether oxygens (including phenoxy) is 2. The fourth-order valence-electron chi connectivity index (χ4n) is 1.40. The Labute approximate surface area is 136 Å². The van der Waals surface area contributed by atoms with Crippen LogP contribution in [0.4, 0.5) is 0 Å². The van der Waals surface area contributed by atoms with Crippen LogP contribution in [0.2, 0.25) is 5.02 Å². The summed E-state index contributed by atoms with van der Waals surface area (Å²) >= 11 is 5.69. The summed E-state index contributed by atoms with van der Waals surface area (Å²) in [6.45, 7) is -0.433. The van der Waals surface area contributed by atoms with Crippen molar-refractivity contribution in [1.29, 1.82) is 0 Å². The largest absolute Gasteiger partial charge is 0.460 e. The van der Waals surface area contributed by atoms with E-state index in [0.29, 0.717) is 0 Å². The van der Waals surface area contributed by atoms with Crippen molar-refractivity contribution in [3.8, 4) is 0 Å². The number of rotatable bonds is 9. The Bertz CT molecular complexity index is 679. The lowest BCUT2D eigenvalue weighted by atomic mass is 10.2. The number of carbonyl (C=O) groups is 1. The molecule has 0 amide bonds. The van der Waals surface area contributed by atoms with E-state index < -0.39 is 21.1 Å². The molecule has 0 aliphatic carbocycles. The topological polar surface area (TPSA) is 148 Å². The van der Waals surface area contributed by atoms with Gasteiger partial charge in [0.05, 0.1) is 23.8 Å². The molecule has 1 aromatic rings. The third-order valence-electron chi connectivity index (χ3n) is 2.36. The van der Waals surface area contributed by atoms with E-state index in [4.69, 9.17) is 26.2 Å². The molecule has 23 heavy (non-hydrogen) atoms. The second-order valence-electron chi connectivity index (χ2n) is 4.00. The fourth-order valence-corrected chi connectivity index (χ4v) is 2.47. The molecule has 1 aromatic carbocycles. The normalized spacial score (nSPS) is 11.0. The van der Waals surface area contributed by atoms with E-state index in [0.717, 1.165) is 6.07 Å². The molecule has 0 bridgehead atoms. The number of sulfonamides is 1. The molecule has 0 unspecified atom stereocenters. The number of nitrogens with two attached hydrogens (primary N) is 1. The van der Waals surface area contributed by atoms with Gasteiger partial charge in [0.1, 0.15) is 18.1 Å². The predicted octanol–water partition coefficient (Wildman–Crippen LogP) is 0.369. The van der Waals surface area contributed by atoms with Crippen LogP contribution < -0.4 is 5.14 Å². The Morgan fingerprint density at radius 2 is 1.91 bits per heavy atom. The lowest BCUT2D eigenvalue weighted by Crippen LogP contribution is -2.16. The zero-order chi connectivity index (χ0) is 17.5. The van der Waals surface area contributed by atoms with Gasteiger partial charge in [-0.15, -0.1) is 10.1 Å². The monoisotopic (exact) mass is 368 g/mol. The third-order valence-corrected chi connectivity index (χ3v) is 3.75. The molecule has 2 N–H and O–H groups in total. The summed E-state index contributed by atoms with van der Waals surface area (Å²) in [5.41, 5.74) is -0.0462. The minimum Gasteiger partial charge on any atom is -0.460 e. The van der Waals surface area contributed by atoms with Crippen LogP contribution in [0, 0.1) is 10.1 Å². The smallest absolute Gasteiger partial charge is 0.338 e. The van der Waals surface area contributed by atoms with E-state index in [9.17, 15) is 23.3 Å². The van der Waals surface area contributed by atoms with Crippen molar-refractivity contribution in [2.75, 3.05) is 26.4 Å². The Balaban J connectivity index is 2.45. The van der Waals surface area contributed by atoms with Crippen LogP contribution in [0.5, 0.6) is 0 Å². The van der Waals surface area contributed by atoms with Crippen molar-refractivity contribution >= 4 is 27.6 Å². The van der Waals surface area contributed by atoms with E-state index >= 15 is 0 Å². The molecule has 0 saturated heterocycles. The molecule has 128 valence electrons. The molecular weight excluding hydrogens is 356 g/mol. The van der Waals surface area contributed by atoms with Crippen molar-refractivity contribution in [2.24, 2.45) is 5.14 Å². The van der Waals surface area contributed by atoms with Gasteiger partial charge >= 0.3 is 5.97 Å². The quantitative estimate of drug-likeness (QED) is 0.284. The lowest BCUT2D eigenvalue weighted by molar-refractivity contribution is -0.758. The number of hydrogen-bond acceptors (Lipinski definition) is 8. The zero-order valence-electron chi connectivity index (χ0n) is 11.6. The van der Waals surface area contributed by atoms with Crippen molar-refractivity contribution in [1.82, 2.24) is 0 Å². The summed E-state index contributed by atoms with van der Waals surface area (Å²) in [6, 6.07) is 3.50. The van der Waals surface area contributed by atoms with Gasteiger partial charge in [-0.3, -0.25) is 0 Å². The maximum atomic E-state index is 11.7. The standard InChI is InChI=1S/C11H13ClN2O8S/c12-9-2-1-8(7-10(9)23(13,18)19)11(15)21-5-3-20-4-6-22-14(16)17/h1-2,7H,3-6H2,(H2,13,18,19). The Morgan fingerprint density at radius 1 is 1.26 bits per heavy atom. The van der Waals surface area contributed by atoms with Crippen LogP contribution in [-0.2, 0) is 24.3 Å². The number of nitrogens with zero attached hydrogens (tertiary/aromatic N) is 1. The second kappa shape index (κ2) is 8.62. The van der Waals surface area contributed by atoms with Gasteiger partial charge in [0, 0.05) is 0 Å². The van der Waals surface area contributed by atoms with E-state index in [2.05, 4.69) is 4.84 Å². The number of primary sulfonamides is 1. The Morgan fingerprint density at radius 3 is 2.52 bits per heavy atom. The van der Waals surface area contributed by atoms with E-state index in [-0.39, 0.29) is 41.9 Å². The van der Waals surface area contributed by atoms with Gasteiger partial charge in [-0.1, -0.05) is 11.6 Å². The van der Waals surface area contributed by atoms with E-state index in [1.165, 1.54) is 12.1 Å². The summed E-state index contributed by atoms with van der Waals surface area (Å²) in [6.07, 6.45) is 0. The number of esters is 1. The first-order valence-electron chi connectivity index (χ1n) is 6.06. The van der Waals surface area contributed by atoms with Gasteiger partial charge in [0.15, 0.2) is 0 Å². The maximum absolute atomic E-state index is 11.7. The summed E-state index contributed by atoms with van der Waals surface area (Å²) in [5.74, 6) is -0.795. The van der Waals surface area contributed by atoms with Crippen molar-refractivity contribution in [2.45, 2.75) is 4.90 Å². The summed E-state index contributed by atoms with van der Waals surface area (Å²) in [4.78, 5) is 25.2. The average Bonchev–Trinajstić information content (AvgIpc) is 2.45. The van der Waals surface area contributed by atoms with Gasteiger partial charge in [-0.25, -0.2) is 18.4 Å². The molecule has 1 rings (SSSR count). The molecular formula is C11H13ClN2O8S. The molecule has 0 spiro atoms. The second-order valence-corrected chi connectivity index (χ2v) is 5.93. The first-order valence-corrected chi connectivity index (χ1v) is 7.99. The van der Waals surface area contributed by atoms with E-state index in [1.807, 2.05) is 0 Å². The van der Waals surface area contributed by atoms with E-state index in [1.54, 1.807) is 0 Å². The molecule has 10 nitrogen and oxygen atoms in total.